The van der Waals surface area contributed by atoms with Crippen molar-refractivity contribution in [1.82, 2.24) is 20.2 Å². The van der Waals surface area contributed by atoms with Crippen LogP contribution in [0.4, 0.5) is 11.8 Å². The number of nitrogens with one attached hydrogen (secondary N) is 2. The lowest BCUT2D eigenvalue weighted by Crippen LogP contribution is -2.31. The summed E-state index contributed by atoms with van der Waals surface area (Å²) in [6.07, 6.45) is 3.74. The average molecular weight is 316 g/mol. The second kappa shape index (κ2) is 7.41. The molecule has 1 aliphatic rings. The zero-order chi connectivity index (χ0) is 16.1. The van der Waals surface area contributed by atoms with Crippen LogP contribution >= 0.6 is 0 Å². The fourth-order valence-corrected chi connectivity index (χ4v) is 2.79. The number of H-pyrrole nitrogens is 1. The number of hydrogen-bond donors (Lipinski definition) is 2. The normalized spacial score (nSPS) is 15.0. The van der Waals surface area contributed by atoms with Crippen LogP contribution in [0.25, 0.3) is 0 Å². The highest BCUT2D eigenvalue weighted by atomic mass is 16.5. The van der Waals surface area contributed by atoms with E-state index in [1.54, 1.807) is 7.11 Å². The molecule has 3 rings (SSSR count). The fourth-order valence-electron chi connectivity index (χ4n) is 2.79. The Kier molecular flexibility index (Phi) is 5.07. The summed E-state index contributed by atoms with van der Waals surface area (Å²) < 4.78 is 5.07. The van der Waals surface area contributed by atoms with Gasteiger partial charge >= 0.3 is 0 Å². The number of hydrogen-bond acceptors (Lipinski definition) is 6. The smallest absolute Gasteiger partial charge is 0.227 e. The van der Waals surface area contributed by atoms with E-state index < -0.39 is 0 Å². The van der Waals surface area contributed by atoms with Crippen LogP contribution in [0.5, 0.6) is 0 Å². The van der Waals surface area contributed by atoms with Crippen molar-refractivity contribution in [3.05, 3.63) is 29.2 Å². The lowest BCUT2D eigenvalue weighted by Gasteiger charge is -2.27. The number of aryl methyl sites for hydroxylation is 1. The Hall–Kier alpha value is -2.15. The molecule has 2 aromatic rings. The van der Waals surface area contributed by atoms with Gasteiger partial charge in [0.1, 0.15) is 5.82 Å². The highest BCUT2D eigenvalue weighted by molar-refractivity contribution is 5.44. The molecule has 1 saturated heterocycles. The van der Waals surface area contributed by atoms with E-state index in [1.807, 2.05) is 19.1 Å². The van der Waals surface area contributed by atoms with E-state index in [2.05, 4.69) is 30.4 Å². The molecule has 1 fully saturated rings. The van der Waals surface area contributed by atoms with Crippen LogP contribution < -0.4 is 10.2 Å². The molecule has 0 unspecified atom stereocenters. The second-order valence-electron chi connectivity index (χ2n) is 5.91. The van der Waals surface area contributed by atoms with Crippen molar-refractivity contribution in [3.8, 4) is 0 Å². The Labute approximate surface area is 136 Å². The molecule has 2 aromatic heterocycles. The summed E-state index contributed by atoms with van der Waals surface area (Å²) >= 11 is 0. The first-order valence-corrected chi connectivity index (χ1v) is 8.11. The van der Waals surface area contributed by atoms with Crippen molar-refractivity contribution in [3.63, 3.8) is 0 Å². The summed E-state index contributed by atoms with van der Waals surface area (Å²) in [5.41, 5.74) is 2.89. The molecule has 2 N–H and O–H groups in total. The van der Waals surface area contributed by atoms with E-state index in [4.69, 9.17) is 4.74 Å². The van der Waals surface area contributed by atoms with Crippen LogP contribution in [0.2, 0.25) is 0 Å². The Morgan fingerprint density at radius 3 is 2.83 bits per heavy atom. The van der Waals surface area contributed by atoms with Crippen LogP contribution in [0.1, 0.15) is 36.3 Å². The molecular formula is C16H24N6O. The van der Waals surface area contributed by atoms with Gasteiger partial charge in [0.15, 0.2) is 0 Å². The van der Waals surface area contributed by atoms with Crippen LogP contribution in [0, 0.1) is 6.92 Å². The van der Waals surface area contributed by atoms with Crippen molar-refractivity contribution in [2.45, 2.75) is 39.3 Å². The van der Waals surface area contributed by atoms with Gasteiger partial charge in [-0.25, -0.2) is 4.98 Å². The third kappa shape index (κ3) is 4.19. The van der Waals surface area contributed by atoms with Gasteiger partial charge in [-0.05, 0) is 32.3 Å². The molecule has 0 spiro atoms. The molecule has 0 amide bonds. The molecule has 3 heterocycles. The van der Waals surface area contributed by atoms with Gasteiger partial charge in [-0.1, -0.05) is 0 Å². The van der Waals surface area contributed by atoms with E-state index in [0.717, 1.165) is 41.9 Å². The Bertz CT molecular complexity index is 635. The summed E-state index contributed by atoms with van der Waals surface area (Å²) in [5, 5.41) is 10.5. The zero-order valence-electron chi connectivity index (χ0n) is 13.8. The topological polar surface area (TPSA) is 79.0 Å². The minimum Gasteiger partial charge on any atom is -0.378 e. The van der Waals surface area contributed by atoms with Gasteiger partial charge in [0, 0.05) is 32.0 Å². The number of piperidine rings is 1. The summed E-state index contributed by atoms with van der Waals surface area (Å²) in [5.74, 6) is 1.68. The Balaban J connectivity index is 1.65. The predicted octanol–water partition coefficient (Wildman–Crippen LogP) is 2.26. The molecule has 1 aliphatic heterocycles. The van der Waals surface area contributed by atoms with Gasteiger partial charge in [0.25, 0.3) is 0 Å². The maximum Gasteiger partial charge on any atom is 0.227 e. The quantitative estimate of drug-likeness (QED) is 0.851. The van der Waals surface area contributed by atoms with E-state index in [1.165, 1.54) is 19.3 Å². The first kappa shape index (κ1) is 15.7. The van der Waals surface area contributed by atoms with E-state index in [-0.39, 0.29) is 0 Å². The molecule has 124 valence electrons. The second-order valence-corrected chi connectivity index (χ2v) is 5.91. The summed E-state index contributed by atoms with van der Waals surface area (Å²) in [6, 6.07) is 3.97. The van der Waals surface area contributed by atoms with Crippen molar-refractivity contribution in [1.29, 1.82) is 0 Å². The van der Waals surface area contributed by atoms with Crippen molar-refractivity contribution in [2.75, 3.05) is 30.4 Å². The SMILES string of the molecule is COCc1cc(CNc2cc(C)nc(N3CCCCC3)n2)[nH]n1. The molecule has 0 radical (unpaired) electrons. The third-order valence-corrected chi connectivity index (χ3v) is 3.92. The van der Waals surface area contributed by atoms with Gasteiger partial charge in [0.2, 0.25) is 5.95 Å². The number of nitrogens with zero attached hydrogens (tertiary/aromatic N) is 4. The molecule has 0 atom stereocenters. The van der Waals surface area contributed by atoms with Gasteiger partial charge in [-0.3, -0.25) is 5.10 Å². The molecule has 0 saturated carbocycles. The highest BCUT2D eigenvalue weighted by Gasteiger charge is 2.14. The maximum absolute atomic E-state index is 5.07. The average Bonchev–Trinajstić information content (AvgIpc) is 3.01. The molecule has 0 bridgehead atoms. The standard InChI is InChI=1S/C16H24N6O/c1-12-8-15(17-10-13-9-14(11-23-2)21-20-13)19-16(18-12)22-6-4-3-5-7-22/h8-9H,3-7,10-11H2,1-2H3,(H,20,21)(H,17,18,19). The maximum atomic E-state index is 5.07. The number of methoxy groups -OCH3 is 1. The van der Waals surface area contributed by atoms with Gasteiger partial charge in [-0.2, -0.15) is 10.1 Å². The first-order valence-electron chi connectivity index (χ1n) is 8.11. The van der Waals surface area contributed by atoms with Crippen LogP contribution in [-0.4, -0.2) is 40.4 Å². The third-order valence-electron chi connectivity index (χ3n) is 3.92. The molecule has 23 heavy (non-hydrogen) atoms. The van der Waals surface area contributed by atoms with Crippen LogP contribution in [0.3, 0.4) is 0 Å². The number of ether oxygens (including phenoxy) is 1. The van der Waals surface area contributed by atoms with Crippen LogP contribution in [-0.2, 0) is 17.9 Å². The van der Waals surface area contributed by atoms with Gasteiger partial charge < -0.3 is 15.0 Å². The van der Waals surface area contributed by atoms with Crippen molar-refractivity contribution < 1.29 is 4.74 Å². The zero-order valence-corrected chi connectivity index (χ0v) is 13.8. The van der Waals surface area contributed by atoms with E-state index in [9.17, 15) is 0 Å². The first-order chi connectivity index (χ1) is 11.2. The summed E-state index contributed by atoms with van der Waals surface area (Å²) in [4.78, 5) is 11.5. The summed E-state index contributed by atoms with van der Waals surface area (Å²) in [7, 11) is 1.67. The van der Waals surface area contributed by atoms with Gasteiger partial charge in [0.05, 0.1) is 24.5 Å². The van der Waals surface area contributed by atoms with Gasteiger partial charge in [-0.15, -0.1) is 0 Å². The van der Waals surface area contributed by atoms with Crippen molar-refractivity contribution in [2.24, 2.45) is 0 Å². The molecule has 0 aliphatic carbocycles. The lowest BCUT2D eigenvalue weighted by atomic mass is 10.1. The highest BCUT2D eigenvalue weighted by Crippen LogP contribution is 2.18. The van der Waals surface area contributed by atoms with Crippen molar-refractivity contribution >= 4 is 11.8 Å². The number of aromatic amines is 1. The predicted molar refractivity (Wildman–Crippen MR) is 89.5 cm³/mol. The fraction of sp³-hybridized carbons (Fsp3) is 0.562. The monoisotopic (exact) mass is 316 g/mol. The number of aromatic nitrogens is 4. The Morgan fingerprint density at radius 1 is 1.22 bits per heavy atom. The summed E-state index contributed by atoms with van der Waals surface area (Å²) in [6.45, 7) is 5.26. The van der Waals surface area contributed by atoms with E-state index >= 15 is 0 Å². The minimum absolute atomic E-state index is 0.516. The number of anilines is 2. The molecule has 0 aromatic carbocycles. The molecular weight excluding hydrogens is 292 g/mol. The minimum atomic E-state index is 0.516. The Morgan fingerprint density at radius 2 is 2.04 bits per heavy atom. The lowest BCUT2D eigenvalue weighted by molar-refractivity contribution is 0.181. The van der Waals surface area contributed by atoms with E-state index in [0.29, 0.717) is 13.2 Å². The molecule has 7 nitrogen and oxygen atoms in total. The van der Waals surface area contributed by atoms with Crippen LogP contribution in [0.15, 0.2) is 12.1 Å². The molecule has 7 heteroatoms. The largest absolute Gasteiger partial charge is 0.378 e. The number of rotatable bonds is 6.